The van der Waals surface area contributed by atoms with E-state index < -0.39 is 0 Å². The molecular formula is C16H15NO4. The highest BCUT2D eigenvalue weighted by Crippen LogP contribution is 2.37. The summed E-state index contributed by atoms with van der Waals surface area (Å²) < 4.78 is 4.98. The molecule has 0 saturated heterocycles. The molecule has 0 aromatic heterocycles. The number of imide groups is 1. The lowest BCUT2D eigenvalue weighted by Gasteiger charge is -2.22. The predicted molar refractivity (Wildman–Crippen MR) is 74.5 cm³/mol. The van der Waals surface area contributed by atoms with Gasteiger partial charge in [0.15, 0.2) is 0 Å². The highest BCUT2D eigenvalue weighted by atomic mass is 16.5. The predicted octanol–water partition coefficient (Wildman–Crippen LogP) is 1.78. The molecule has 0 bridgehead atoms. The van der Waals surface area contributed by atoms with E-state index >= 15 is 0 Å². The number of benzene rings is 1. The Kier molecular flexibility index (Phi) is 3.33. The summed E-state index contributed by atoms with van der Waals surface area (Å²) in [6.07, 6.45) is 4.03. The van der Waals surface area contributed by atoms with Gasteiger partial charge in [0.1, 0.15) is 0 Å². The number of carbonyl (C=O) groups is 3. The van der Waals surface area contributed by atoms with Crippen molar-refractivity contribution in [3.05, 3.63) is 47.0 Å². The van der Waals surface area contributed by atoms with E-state index in [9.17, 15) is 14.4 Å². The summed E-state index contributed by atoms with van der Waals surface area (Å²) in [5, 5.41) is 0. The van der Waals surface area contributed by atoms with Crippen molar-refractivity contribution in [2.75, 3.05) is 6.61 Å². The maximum atomic E-state index is 11.8. The van der Waals surface area contributed by atoms with Gasteiger partial charge in [-0.25, -0.2) is 4.79 Å². The third-order valence-electron chi connectivity index (χ3n) is 3.86. The Bertz CT molecular complexity index is 644. The molecule has 5 heteroatoms. The van der Waals surface area contributed by atoms with Gasteiger partial charge >= 0.3 is 5.97 Å². The highest BCUT2D eigenvalue weighted by molar-refractivity contribution is 6.13. The largest absolute Gasteiger partial charge is 0.462 e. The first-order chi connectivity index (χ1) is 10.1. The lowest BCUT2D eigenvalue weighted by atomic mass is 10.0. The first-order valence-electron chi connectivity index (χ1n) is 6.97. The minimum Gasteiger partial charge on any atom is -0.462 e. The second kappa shape index (κ2) is 5.16. The Morgan fingerprint density at radius 1 is 1.29 bits per heavy atom. The zero-order valence-electron chi connectivity index (χ0n) is 11.7. The van der Waals surface area contributed by atoms with Crippen LogP contribution in [-0.2, 0) is 20.7 Å². The molecule has 0 N–H and O–H groups in total. The summed E-state index contributed by atoms with van der Waals surface area (Å²) in [5.74, 6) is -0.890. The zero-order chi connectivity index (χ0) is 15.0. The fraction of sp³-hybridized carbons (Fsp3) is 0.312. The number of esters is 1. The van der Waals surface area contributed by atoms with Gasteiger partial charge in [0.05, 0.1) is 18.2 Å². The van der Waals surface area contributed by atoms with Gasteiger partial charge in [-0.1, -0.05) is 6.07 Å². The molecule has 2 amide bonds. The van der Waals surface area contributed by atoms with Crippen molar-refractivity contribution in [1.29, 1.82) is 0 Å². The molecule has 21 heavy (non-hydrogen) atoms. The number of fused-ring (bicyclic) bond motifs is 1. The molecule has 2 aliphatic rings. The van der Waals surface area contributed by atoms with Gasteiger partial charge in [-0.15, -0.1) is 0 Å². The van der Waals surface area contributed by atoms with Crippen molar-refractivity contribution in [3.63, 3.8) is 0 Å². The van der Waals surface area contributed by atoms with E-state index in [-0.39, 0.29) is 23.8 Å². The molecule has 3 rings (SSSR count). The lowest BCUT2D eigenvalue weighted by molar-refractivity contribution is -0.139. The summed E-state index contributed by atoms with van der Waals surface area (Å²) in [4.78, 5) is 36.6. The summed E-state index contributed by atoms with van der Waals surface area (Å²) in [7, 11) is 0. The number of nitrogens with zero attached hydrogens (tertiary/aromatic N) is 1. The van der Waals surface area contributed by atoms with E-state index in [0.717, 1.165) is 17.5 Å². The van der Waals surface area contributed by atoms with Crippen LogP contribution in [0.25, 0.3) is 0 Å². The van der Waals surface area contributed by atoms with Crippen LogP contribution in [0.1, 0.15) is 40.9 Å². The summed E-state index contributed by atoms with van der Waals surface area (Å²) in [5.41, 5.74) is 2.44. The number of aryl methyl sites for hydroxylation is 1. The second-order valence-electron chi connectivity index (χ2n) is 5.07. The van der Waals surface area contributed by atoms with Crippen LogP contribution >= 0.6 is 0 Å². The van der Waals surface area contributed by atoms with Gasteiger partial charge in [0, 0.05) is 12.2 Å². The van der Waals surface area contributed by atoms with Crippen LogP contribution in [0.2, 0.25) is 0 Å². The molecule has 0 radical (unpaired) electrons. The Morgan fingerprint density at radius 3 is 2.67 bits per heavy atom. The Labute approximate surface area is 122 Å². The van der Waals surface area contributed by atoms with E-state index in [4.69, 9.17) is 4.74 Å². The molecule has 0 saturated carbocycles. The number of carbonyl (C=O) groups excluding carboxylic acids is 3. The molecule has 0 unspecified atom stereocenters. The Morgan fingerprint density at radius 2 is 2.00 bits per heavy atom. The van der Waals surface area contributed by atoms with Crippen LogP contribution < -0.4 is 0 Å². The van der Waals surface area contributed by atoms with Gasteiger partial charge < -0.3 is 4.74 Å². The Balaban J connectivity index is 1.88. The minimum atomic E-state index is -0.348. The van der Waals surface area contributed by atoms with E-state index in [1.165, 1.54) is 17.1 Å². The smallest absolute Gasteiger partial charge is 0.338 e. The third kappa shape index (κ3) is 2.24. The monoisotopic (exact) mass is 285 g/mol. The first kappa shape index (κ1) is 13.5. The van der Waals surface area contributed by atoms with Crippen LogP contribution in [-0.4, -0.2) is 29.3 Å². The molecule has 1 heterocycles. The normalized spacial score (nSPS) is 20.0. The molecular weight excluding hydrogens is 270 g/mol. The fourth-order valence-electron chi connectivity index (χ4n) is 2.92. The molecule has 1 aliphatic carbocycles. The molecule has 0 spiro atoms. The minimum absolute atomic E-state index is 0.230. The number of hydrogen-bond acceptors (Lipinski definition) is 4. The van der Waals surface area contributed by atoms with Crippen molar-refractivity contribution in [3.8, 4) is 0 Å². The summed E-state index contributed by atoms with van der Waals surface area (Å²) in [6.45, 7) is 2.10. The van der Waals surface area contributed by atoms with Gasteiger partial charge in [0.25, 0.3) is 11.8 Å². The van der Waals surface area contributed by atoms with Gasteiger partial charge in [-0.05, 0) is 43.0 Å². The van der Waals surface area contributed by atoms with Crippen molar-refractivity contribution < 1.29 is 19.1 Å². The van der Waals surface area contributed by atoms with Gasteiger partial charge in [0.2, 0.25) is 0 Å². The second-order valence-corrected chi connectivity index (χ2v) is 5.07. The maximum absolute atomic E-state index is 11.8. The van der Waals surface area contributed by atoms with Crippen molar-refractivity contribution >= 4 is 17.8 Å². The quantitative estimate of drug-likeness (QED) is 0.627. The number of rotatable bonds is 3. The topological polar surface area (TPSA) is 63.7 Å². The molecule has 1 aromatic rings. The fourth-order valence-corrected chi connectivity index (χ4v) is 2.92. The molecule has 1 atom stereocenters. The highest BCUT2D eigenvalue weighted by Gasteiger charge is 2.36. The van der Waals surface area contributed by atoms with Gasteiger partial charge in [-0.3, -0.25) is 14.5 Å². The van der Waals surface area contributed by atoms with Crippen molar-refractivity contribution in [2.45, 2.75) is 25.8 Å². The third-order valence-corrected chi connectivity index (χ3v) is 3.86. The summed E-state index contributed by atoms with van der Waals surface area (Å²) in [6, 6.07) is 5.07. The van der Waals surface area contributed by atoms with E-state index in [0.29, 0.717) is 18.6 Å². The van der Waals surface area contributed by atoms with Crippen LogP contribution in [0.5, 0.6) is 0 Å². The lowest BCUT2D eigenvalue weighted by Crippen LogP contribution is -2.33. The van der Waals surface area contributed by atoms with Gasteiger partial charge in [-0.2, -0.15) is 0 Å². The van der Waals surface area contributed by atoms with E-state index in [2.05, 4.69) is 0 Å². The molecule has 1 aliphatic heterocycles. The average Bonchev–Trinajstić information content (AvgIpc) is 3.02. The molecule has 108 valence electrons. The van der Waals surface area contributed by atoms with E-state index in [1.807, 2.05) is 6.07 Å². The first-order valence-corrected chi connectivity index (χ1v) is 6.97. The van der Waals surface area contributed by atoms with Crippen molar-refractivity contribution in [1.82, 2.24) is 4.90 Å². The standard InChI is InChI=1S/C16H15NO4/c1-2-21-16(20)11-3-5-12-10(9-11)4-6-13(12)17-14(18)7-8-15(17)19/h3,5,7-9,13H,2,4,6H2,1H3/t13-/m0/s1. The van der Waals surface area contributed by atoms with Crippen LogP contribution in [0.3, 0.4) is 0 Å². The van der Waals surface area contributed by atoms with Crippen LogP contribution in [0, 0.1) is 0 Å². The summed E-state index contributed by atoms with van der Waals surface area (Å²) >= 11 is 0. The molecule has 1 aromatic carbocycles. The zero-order valence-corrected chi connectivity index (χ0v) is 11.7. The Hall–Kier alpha value is -2.43. The number of hydrogen-bond donors (Lipinski definition) is 0. The molecule has 5 nitrogen and oxygen atoms in total. The average molecular weight is 285 g/mol. The maximum Gasteiger partial charge on any atom is 0.338 e. The SMILES string of the molecule is CCOC(=O)c1ccc2c(c1)CC[C@@H]2N1C(=O)C=CC1=O. The van der Waals surface area contributed by atoms with Crippen LogP contribution in [0.4, 0.5) is 0 Å². The molecule has 0 fully saturated rings. The van der Waals surface area contributed by atoms with Crippen LogP contribution in [0.15, 0.2) is 30.4 Å². The van der Waals surface area contributed by atoms with Crippen molar-refractivity contribution in [2.24, 2.45) is 0 Å². The number of ether oxygens (including phenoxy) is 1. The number of amides is 2. The van der Waals surface area contributed by atoms with E-state index in [1.54, 1.807) is 19.1 Å².